The Morgan fingerprint density at radius 2 is 1.60 bits per heavy atom. The van der Waals surface area contributed by atoms with E-state index in [1.165, 1.54) is 30.4 Å². The molecule has 216 valence electrons. The zero-order valence-electron chi connectivity index (χ0n) is 21.7. The number of phenolic OH excluding ortho intramolecular Hbond substituents is 4. The Morgan fingerprint density at radius 1 is 0.857 bits per heavy atom. The summed E-state index contributed by atoms with van der Waals surface area (Å²) < 4.78 is 10.7. The molecule has 4 aromatic rings. The molecule has 13 nitrogen and oxygen atoms in total. The molecule has 1 heterocycles. The van der Waals surface area contributed by atoms with Crippen LogP contribution >= 0.6 is 0 Å². The van der Waals surface area contributed by atoms with Gasteiger partial charge in [0.15, 0.2) is 17.3 Å². The molecule has 0 fully saturated rings. The van der Waals surface area contributed by atoms with Crippen LogP contribution in [-0.2, 0) is 14.4 Å². The monoisotopic (exact) mass is 576 g/mol. The van der Waals surface area contributed by atoms with Crippen LogP contribution in [0.1, 0.15) is 12.0 Å². The van der Waals surface area contributed by atoms with E-state index in [0.29, 0.717) is 5.56 Å². The number of rotatable bonds is 9. The normalized spacial score (nSPS) is 11.0. The lowest BCUT2D eigenvalue weighted by Crippen LogP contribution is -2.34. The first-order valence-electron chi connectivity index (χ1n) is 12.3. The summed E-state index contributed by atoms with van der Waals surface area (Å²) in [5.74, 6) is -4.93. The Hall–Kier alpha value is -5.98. The molecule has 13 heteroatoms. The smallest absolute Gasteiger partial charge is 0.330 e. The molecule has 0 aliphatic heterocycles. The first-order valence-corrected chi connectivity index (χ1v) is 12.3. The number of hydrogen-bond donors (Lipinski definition) is 7. The van der Waals surface area contributed by atoms with E-state index in [1.54, 1.807) is 12.1 Å². The van der Waals surface area contributed by atoms with E-state index in [4.69, 9.17) is 9.15 Å². The second-order valence-electron chi connectivity index (χ2n) is 8.84. The average Bonchev–Trinajstić information content (AvgIpc) is 2.95. The van der Waals surface area contributed by atoms with Gasteiger partial charge in [0.2, 0.25) is 23.0 Å². The molecule has 0 aliphatic carbocycles. The third-order valence-corrected chi connectivity index (χ3v) is 5.79. The zero-order valence-corrected chi connectivity index (χ0v) is 21.7. The van der Waals surface area contributed by atoms with Crippen molar-refractivity contribution in [3.63, 3.8) is 0 Å². The average molecular weight is 577 g/mol. The Kier molecular flexibility index (Phi) is 8.61. The van der Waals surface area contributed by atoms with Gasteiger partial charge in [0.25, 0.3) is 0 Å². The van der Waals surface area contributed by atoms with E-state index in [1.807, 2.05) is 0 Å². The molecule has 0 saturated carbocycles. The van der Waals surface area contributed by atoms with E-state index < -0.39 is 58.1 Å². The predicted octanol–water partition coefficient (Wildman–Crippen LogP) is 2.23. The molecule has 1 aromatic heterocycles. The summed E-state index contributed by atoms with van der Waals surface area (Å²) in [6.45, 7) is -0.560. The molecular formula is C29H24N2O11. The van der Waals surface area contributed by atoms with Gasteiger partial charge < -0.3 is 45.3 Å². The summed E-state index contributed by atoms with van der Waals surface area (Å²) in [5, 5.41) is 53.6. The molecule has 3 aromatic carbocycles. The SMILES string of the molecule is O=C(/C=C/c1ccc(O)cc1)NCCC(=O)NCC(=O)Oc1cc(O)c2c(=O)c(O)c(-c3ccc(O)c(O)c3)oc2c1. The van der Waals surface area contributed by atoms with E-state index in [2.05, 4.69) is 10.6 Å². The highest BCUT2D eigenvalue weighted by atomic mass is 16.5. The molecule has 0 saturated heterocycles. The summed E-state index contributed by atoms with van der Waals surface area (Å²) in [4.78, 5) is 48.9. The topological polar surface area (TPSA) is 216 Å². The number of phenols is 4. The van der Waals surface area contributed by atoms with Crippen molar-refractivity contribution in [3.8, 4) is 45.8 Å². The van der Waals surface area contributed by atoms with Crippen molar-refractivity contribution >= 4 is 34.8 Å². The van der Waals surface area contributed by atoms with Crippen LogP contribution in [0.4, 0.5) is 0 Å². The first kappa shape index (κ1) is 29.0. The lowest BCUT2D eigenvalue weighted by Gasteiger charge is -2.10. The number of nitrogens with one attached hydrogen (secondary N) is 2. The van der Waals surface area contributed by atoms with Gasteiger partial charge in [-0.2, -0.15) is 0 Å². The fourth-order valence-corrected chi connectivity index (χ4v) is 3.73. The largest absolute Gasteiger partial charge is 0.508 e. The summed E-state index contributed by atoms with van der Waals surface area (Å²) in [6.07, 6.45) is 2.66. The molecule has 2 amide bonds. The van der Waals surface area contributed by atoms with Gasteiger partial charge in [-0.25, -0.2) is 4.79 Å². The molecule has 0 radical (unpaired) electrons. The van der Waals surface area contributed by atoms with E-state index in [0.717, 1.165) is 24.3 Å². The quantitative estimate of drug-likeness (QED) is 0.0663. The molecular weight excluding hydrogens is 552 g/mol. The van der Waals surface area contributed by atoms with Gasteiger partial charge in [0.05, 0.1) is 0 Å². The second kappa shape index (κ2) is 12.5. The number of carbonyl (C=O) groups excluding carboxylic acids is 3. The van der Waals surface area contributed by atoms with Crippen LogP contribution in [-0.4, -0.2) is 56.4 Å². The minimum atomic E-state index is -0.996. The zero-order chi connectivity index (χ0) is 30.4. The Bertz CT molecular complexity index is 1760. The van der Waals surface area contributed by atoms with Crippen molar-refractivity contribution in [2.75, 3.05) is 13.1 Å². The highest BCUT2D eigenvalue weighted by Crippen LogP contribution is 2.37. The summed E-state index contributed by atoms with van der Waals surface area (Å²) in [6, 6.07) is 11.7. The van der Waals surface area contributed by atoms with Gasteiger partial charge in [-0.3, -0.25) is 14.4 Å². The van der Waals surface area contributed by atoms with Gasteiger partial charge in [-0.05, 0) is 42.0 Å². The predicted molar refractivity (Wildman–Crippen MR) is 148 cm³/mol. The lowest BCUT2D eigenvalue weighted by atomic mass is 10.1. The fraction of sp³-hybridized carbons (Fsp3) is 0.103. The Morgan fingerprint density at radius 3 is 2.31 bits per heavy atom. The number of fused-ring (bicyclic) bond motifs is 1. The fourth-order valence-electron chi connectivity index (χ4n) is 3.73. The van der Waals surface area contributed by atoms with Crippen LogP contribution in [0.3, 0.4) is 0 Å². The minimum absolute atomic E-state index is 0.00873. The van der Waals surface area contributed by atoms with Gasteiger partial charge in [-0.1, -0.05) is 12.1 Å². The Balaban J connectivity index is 1.33. The van der Waals surface area contributed by atoms with Crippen LogP contribution in [0.15, 0.2) is 69.9 Å². The maximum atomic E-state index is 12.7. The van der Waals surface area contributed by atoms with Crippen LogP contribution in [0, 0.1) is 0 Å². The van der Waals surface area contributed by atoms with Crippen LogP contribution in [0.2, 0.25) is 0 Å². The van der Waals surface area contributed by atoms with Crippen molar-refractivity contribution < 1.29 is 49.1 Å². The summed E-state index contributed by atoms with van der Waals surface area (Å²) >= 11 is 0. The van der Waals surface area contributed by atoms with Crippen molar-refractivity contribution in [2.24, 2.45) is 0 Å². The van der Waals surface area contributed by atoms with E-state index in [-0.39, 0.29) is 41.4 Å². The molecule has 4 rings (SSSR count). The van der Waals surface area contributed by atoms with Crippen LogP contribution in [0.25, 0.3) is 28.4 Å². The molecule has 0 aliphatic rings. The van der Waals surface area contributed by atoms with Gasteiger partial charge in [0.1, 0.15) is 34.8 Å². The minimum Gasteiger partial charge on any atom is -0.508 e. The molecule has 0 unspecified atom stereocenters. The molecule has 42 heavy (non-hydrogen) atoms. The summed E-state index contributed by atoms with van der Waals surface area (Å²) in [7, 11) is 0. The maximum absolute atomic E-state index is 12.7. The van der Waals surface area contributed by atoms with Gasteiger partial charge in [-0.15, -0.1) is 0 Å². The molecule has 0 bridgehead atoms. The van der Waals surface area contributed by atoms with Crippen molar-refractivity contribution in [3.05, 3.63) is 76.5 Å². The second-order valence-corrected chi connectivity index (χ2v) is 8.84. The van der Waals surface area contributed by atoms with Crippen LogP contribution in [0.5, 0.6) is 34.5 Å². The molecule has 0 atom stereocenters. The number of amides is 2. The van der Waals surface area contributed by atoms with E-state index in [9.17, 15) is 44.7 Å². The third kappa shape index (κ3) is 6.96. The van der Waals surface area contributed by atoms with Gasteiger partial charge >= 0.3 is 5.97 Å². The standard InChI is InChI=1S/C29H24N2O11/c32-17-5-1-15(2-6-17)3-8-23(36)30-10-9-24(37)31-14-25(38)41-18-12-21(35)26-22(13-18)42-29(28(40)27(26)39)16-4-7-19(33)20(34)11-16/h1-8,11-13,32-35,40H,9-10,14H2,(H,30,36)(H,31,37)/b8-3+. The number of benzene rings is 3. The number of ether oxygens (including phenoxy) is 1. The number of carbonyl (C=O) groups is 3. The first-order chi connectivity index (χ1) is 20.0. The van der Waals surface area contributed by atoms with Crippen molar-refractivity contribution in [1.82, 2.24) is 10.6 Å². The third-order valence-electron chi connectivity index (χ3n) is 5.79. The van der Waals surface area contributed by atoms with Crippen LogP contribution < -0.4 is 20.8 Å². The van der Waals surface area contributed by atoms with Crippen molar-refractivity contribution in [1.29, 1.82) is 0 Å². The van der Waals surface area contributed by atoms with E-state index >= 15 is 0 Å². The highest BCUT2D eigenvalue weighted by Gasteiger charge is 2.20. The molecule has 7 N–H and O–H groups in total. The highest BCUT2D eigenvalue weighted by molar-refractivity contribution is 5.92. The number of hydrogen-bond acceptors (Lipinski definition) is 11. The molecule has 0 spiro atoms. The maximum Gasteiger partial charge on any atom is 0.330 e. The number of esters is 1. The van der Waals surface area contributed by atoms with Crippen molar-refractivity contribution in [2.45, 2.75) is 6.42 Å². The van der Waals surface area contributed by atoms with Gasteiger partial charge in [0, 0.05) is 36.7 Å². The number of aromatic hydroxyl groups is 5. The summed E-state index contributed by atoms with van der Waals surface area (Å²) in [5.41, 5.74) is -0.528. The lowest BCUT2D eigenvalue weighted by molar-refractivity contribution is -0.135. The Labute approximate surface area is 236 Å².